The van der Waals surface area contributed by atoms with Crippen LogP contribution in [0, 0.1) is 0 Å². The number of aromatic nitrogens is 2. The summed E-state index contributed by atoms with van der Waals surface area (Å²) in [5.74, 6) is 0. The van der Waals surface area contributed by atoms with Crippen LogP contribution in [0.15, 0.2) is 12.4 Å². The molecule has 0 spiro atoms. The predicted molar refractivity (Wildman–Crippen MR) is 58.1 cm³/mol. The number of aryl methyl sites for hydroxylation is 1. The Bertz CT molecular complexity index is 256. The molecule has 4 nitrogen and oxygen atoms in total. The van der Waals surface area contributed by atoms with Crippen LogP contribution in [0.1, 0.15) is 12.5 Å². The van der Waals surface area contributed by atoms with Crippen molar-refractivity contribution in [1.82, 2.24) is 14.7 Å². The normalized spacial score (nSPS) is 11.1. The van der Waals surface area contributed by atoms with Crippen LogP contribution in [0.25, 0.3) is 0 Å². The monoisotopic (exact) mass is 196 g/mol. The van der Waals surface area contributed by atoms with Crippen molar-refractivity contribution >= 4 is 0 Å². The van der Waals surface area contributed by atoms with Crippen molar-refractivity contribution in [2.45, 2.75) is 13.3 Å². The lowest BCUT2D eigenvalue weighted by molar-refractivity contribution is 0.300. The van der Waals surface area contributed by atoms with Crippen molar-refractivity contribution in [2.24, 2.45) is 12.8 Å². The van der Waals surface area contributed by atoms with Crippen LogP contribution >= 0.6 is 0 Å². The quantitative estimate of drug-likeness (QED) is 0.709. The second-order valence-electron chi connectivity index (χ2n) is 3.50. The van der Waals surface area contributed by atoms with Gasteiger partial charge in [-0.05, 0) is 18.5 Å². The molecule has 0 radical (unpaired) electrons. The van der Waals surface area contributed by atoms with Crippen LogP contribution in [-0.2, 0) is 13.5 Å². The Morgan fingerprint density at radius 2 is 2.29 bits per heavy atom. The fraction of sp³-hybridized carbons (Fsp3) is 0.700. The van der Waals surface area contributed by atoms with E-state index in [9.17, 15) is 0 Å². The predicted octanol–water partition coefficient (Wildman–Crippen LogP) is 0.243. The molecule has 0 saturated heterocycles. The number of rotatable bonds is 6. The first-order chi connectivity index (χ1) is 6.76. The zero-order valence-electron chi connectivity index (χ0n) is 9.11. The van der Waals surface area contributed by atoms with E-state index in [1.54, 1.807) is 0 Å². The molecular formula is C10H20N4. The van der Waals surface area contributed by atoms with Crippen LogP contribution < -0.4 is 5.73 Å². The third-order valence-corrected chi connectivity index (χ3v) is 2.37. The summed E-state index contributed by atoms with van der Waals surface area (Å²) in [5, 5.41) is 4.14. The highest BCUT2D eigenvalue weighted by atomic mass is 15.2. The SMILES string of the molecule is CCN(CCN)CCc1cnn(C)c1. The van der Waals surface area contributed by atoms with Crippen LogP contribution in [0.3, 0.4) is 0 Å². The van der Waals surface area contributed by atoms with Crippen molar-refractivity contribution in [3.05, 3.63) is 18.0 Å². The molecular weight excluding hydrogens is 176 g/mol. The van der Waals surface area contributed by atoms with Gasteiger partial charge in [0.2, 0.25) is 0 Å². The van der Waals surface area contributed by atoms with Gasteiger partial charge in [-0.15, -0.1) is 0 Å². The van der Waals surface area contributed by atoms with Crippen molar-refractivity contribution in [3.63, 3.8) is 0 Å². The third kappa shape index (κ3) is 3.47. The van der Waals surface area contributed by atoms with E-state index in [4.69, 9.17) is 5.73 Å². The number of nitrogens with two attached hydrogens (primary N) is 1. The van der Waals surface area contributed by atoms with Gasteiger partial charge < -0.3 is 10.6 Å². The van der Waals surface area contributed by atoms with E-state index in [0.717, 1.165) is 32.6 Å². The van der Waals surface area contributed by atoms with Gasteiger partial charge in [-0.25, -0.2) is 0 Å². The number of likely N-dealkylation sites (N-methyl/N-ethyl adjacent to an activating group) is 1. The first-order valence-electron chi connectivity index (χ1n) is 5.16. The minimum absolute atomic E-state index is 0.737. The summed E-state index contributed by atoms with van der Waals surface area (Å²) >= 11 is 0. The van der Waals surface area contributed by atoms with Crippen molar-refractivity contribution in [1.29, 1.82) is 0 Å². The summed E-state index contributed by atoms with van der Waals surface area (Å²) in [6, 6.07) is 0. The van der Waals surface area contributed by atoms with Crippen LogP contribution in [0.4, 0.5) is 0 Å². The Morgan fingerprint density at radius 1 is 1.50 bits per heavy atom. The van der Waals surface area contributed by atoms with Gasteiger partial charge in [0, 0.05) is 32.9 Å². The van der Waals surface area contributed by atoms with Crippen LogP contribution in [0.5, 0.6) is 0 Å². The van der Waals surface area contributed by atoms with Crippen molar-refractivity contribution in [2.75, 3.05) is 26.2 Å². The molecule has 1 aromatic rings. The fourth-order valence-electron chi connectivity index (χ4n) is 1.50. The highest BCUT2D eigenvalue weighted by Gasteiger charge is 2.02. The van der Waals surface area contributed by atoms with E-state index in [1.165, 1.54) is 5.56 Å². The molecule has 0 amide bonds. The summed E-state index contributed by atoms with van der Waals surface area (Å²) in [5.41, 5.74) is 6.81. The molecule has 0 unspecified atom stereocenters. The van der Waals surface area contributed by atoms with E-state index < -0.39 is 0 Å². The molecule has 0 atom stereocenters. The Balaban J connectivity index is 2.31. The molecule has 80 valence electrons. The van der Waals surface area contributed by atoms with Gasteiger partial charge in [0.1, 0.15) is 0 Å². The molecule has 0 saturated carbocycles. The molecule has 0 aromatic carbocycles. The van der Waals surface area contributed by atoms with Gasteiger partial charge in [-0.1, -0.05) is 6.92 Å². The molecule has 1 aromatic heterocycles. The first kappa shape index (κ1) is 11.2. The summed E-state index contributed by atoms with van der Waals surface area (Å²) < 4.78 is 1.84. The number of nitrogens with zero attached hydrogens (tertiary/aromatic N) is 3. The Labute approximate surface area is 85.7 Å². The standard InChI is InChI=1S/C10H20N4/c1-3-14(7-5-11)6-4-10-8-12-13(2)9-10/h8-9H,3-7,11H2,1-2H3. The molecule has 4 heteroatoms. The lowest BCUT2D eigenvalue weighted by Crippen LogP contribution is -2.31. The largest absolute Gasteiger partial charge is 0.329 e. The maximum absolute atomic E-state index is 5.52. The highest BCUT2D eigenvalue weighted by molar-refractivity contribution is 5.03. The Kier molecular flexibility index (Phi) is 4.62. The molecule has 2 N–H and O–H groups in total. The van der Waals surface area contributed by atoms with Gasteiger partial charge >= 0.3 is 0 Å². The Morgan fingerprint density at radius 3 is 2.79 bits per heavy atom. The Hall–Kier alpha value is -0.870. The maximum atomic E-state index is 5.52. The second-order valence-corrected chi connectivity index (χ2v) is 3.50. The third-order valence-electron chi connectivity index (χ3n) is 2.37. The highest BCUT2D eigenvalue weighted by Crippen LogP contribution is 1.99. The molecule has 0 aliphatic carbocycles. The first-order valence-corrected chi connectivity index (χ1v) is 5.16. The lowest BCUT2D eigenvalue weighted by atomic mass is 10.2. The van der Waals surface area contributed by atoms with Crippen LogP contribution in [0.2, 0.25) is 0 Å². The zero-order chi connectivity index (χ0) is 10.4. The summed E-state index contributed by atoms with van der Waals surface area (Å²) in [4.78, 5) is 2.35. The van der Waals surface area contributed by atoms with Crippen molar-refractivity contribution in [3.8, 4) is 0 Å². The minimum atomic E-state index is 0.737. The average Bonchev–Trinajstić information content (AvgIpc) is 2.59. The molecule has 14 heavy (non-hydrogen) atoms. The van der Waals surface area contributed by atoms with E-state index in [2.05, 4.69) is 23.1 Å². The van der Waals surface area contributed by atoms with Gasteiger partial charge in [0.25, 0.3) is 0 Å². The molecule has 0 bridgehead atoms. The minimum Gasteiger partial charge on any atom is -0.329 e. The number of hydrogen-bond acceptors (Lipinski definition) is 3. The van der Waals surface area contributed by atoms with Gasteiger partial charge in [0.05, 0.1) is 6.20 Å². The maximum Gasteiger partial charge on any atom is 0.0522 e. The smallest absolute Gasteiger partial charge is 0.0522 e. The molecule has 1 heterocycles. The molecule has 0 aliphatic heterocycles. The van der Waals surface area contributed by atoms with E-state index >= 15 is 0 Å². The van der Waals surface area contributed by atoms with E-state index in [1.807, 2.05) is 17.9 Å². The fourth-order valence-corrected chi connectivity index (χ4v) is 1.50. The summed E-state index contributed by atoms with van der Waals surface area (Å²) in [6.45, 7) is 6.02. The molecule has 0 aliphatic rings. The van der Waals surface area contributed by atoms with E-state index in [0.29, 0.717) is 0 Å². The average molecular weight is 196 g/mol. The summed E-state index contributed by atoms with van der Waals surface area (Å²) in [7, 11) is 1.95. The van der Waals surface area contributed by atoms with Gasteiger partial charge in [0.15, 0.2) is 0 Å². The summed E-state index contributed by atoms with van der Waals surface area (Å²) in [6.07, 6.45) is 5.05. The van der Waals surface area contributed by atoms with Gasteiger partial charge in [-0.2, -0.15) is 5.10 Å². The lowest BCUT2D eigenvalue weighted by Gasteiger charge is -2.18. The van der Waals surface area contributed by atoms with Gasteiger partial charge in [-0.3, -0.25) is 4.68 Å². The molecule has 1 rings (SSSR count). The molecule has 0 fully saturated rings. The topological polar surface area (TPSA) is 47.1 Å². The van der Waals surface area contributed by atoms with Crippen LogP contribution in [-0.4, -0.2) is 40.9 Å². The van der Waals surface area contributed by atoms with E-state index in [-0.39, 0.29) is 0 Å². The second kappa shape index (κ2) is 5.78. The number of hydrogen-bond donors (Lipinski definition) is 1. The van der Waals surface area contributed by atoms with Crippen molar-refractivity contribution < 1.29 is 0 Å². The zero-order valence-corrected chi connectivity index (χ0v) is 9.11.